The first-order valence-corrected chi connectivity index (χ1v) is 13.5. The monoisotopic (exact) mass is 564 g/mol. The van der Waals surface area contributed by atoms with E-state index in [0.717, 1.165) is 43.8 Å². The Hall–Kier alpha value is -5.23. The van der Waals surface area contributed by atoms with E-state index in [1.165, 1.54) is 7.05 Å². The van der Waals surface area contributed by atoms with Gasteiger partial charge in [0.05, 0.1) is 53.7 Å². The molecule has 0 bridgehead atoms. The molecular formula is C30H28N8O4. The van der Waals surface area contributed by atoms with Crippen molar-refractivity contribution in [2.45, 2.75) is 13.1 Å². The zero-order chi connectivity index (χ0) is 29.1. The predicted molar refractivity (Wildman–Crippen MR) is 156 cm³/mol. The lowest BCUT2D eigenvalue weighted by Crippen LogP contribution is -2.52. The average Bonchev–Trinajstić information content (AvgIpc) is 3.70. The number of benzene rings is 1. The van der Waals surface area contributed by atoms with Gasteiger partial charge in [-0.2, -0.15) is 5.10 Å². The normalized spacial score (nSPS) is 15.3. The fraction of sp³-hybridized carbons (Fsp3) is 0.233. The topological polar surface area (TPSA) is 128 Å². The number of carbonyl (C=O) groups is 3. The first kappa shape index (κ1) is 25.7. The Kier molecular flexibility index (Phi) is 5.94. The Labute approximate surface area is 240 Å². The molecular weight excluding hydrogens is 536 g/mol. The molecule has 42 heavy (non-hydrogen) atoms. The van der Waals surface area contributed by atoms with Gasteiger partial charge in [-0.15, -0.1) is 0 Å². The Balaban J connectivity index is 1.27. The van der Waals surface area contributed by atoms with Crippen LogP contribution in [0.3, 0.4) is 0 Å². The highest BCUT2D eigenvalue weighted by Gasteiger charge is 2.31. The predicted octanol–water partition coefficient (Wildman–Crippen LogP) is 3.00. The molecule has 0 atom stereocenters. The molecule has 1 fully saturated rings. The van der Waals surface area contributed by atoms with Crippen LogP contribution in [0.2, 0.25) is 0 Å². The molecule has 212 valence electrons. The molecule has 3 amide bonds. The number of aromatic nitrogens is 3. The van der Waals surface area contributed by atoms with Crippen molar-refractivity contribution >= 4 is 51.4 Å². The molecule has 2 aliphatic heterocycles. The highest BCUT2D eigenvalue weighted by molar-refractivity contribution is 6.08. The van der Waals surface area contributed by atoms with Crippen LogP contribution >= 0.6 is 0 Å². The summed E-state index contributed by atoms with van der Waals surface area (Å²) >= 11 is 0. The van der Waals surface area contributed by atoms with Gasteiger partial charge < -0.3 is 24.9 Å². The molecule has 2 N–H and O–H groups in total. The lowest BCUT2D eigenvalue weighted by Gasteiger charge is -2.33. The summed E-state index contributed by atoms with van der Waals surface area (Å²) in [6.45, 7) is 1.08. The Bertz CT molecular complexity index is 1910. The zero-order valence-electron chi connectivity index (χ0n) is 23.3. The van der Waals surface area contributed by atoms with Crippen LogP contribution in [0.1, 0.15) is 21.6 Å². The molecule has 0 saturated carbocycles. The van der Waals surface area contributed by atoms with Crippen molar-refractivity contribution in [3.63, 3.8) is 0 Å². The minimum atomic E-state index is -0.259. The van der Waals surface area contributed by atoms with Crippen molar-refractivity contribution < 1.29 is 18.8 Å². The first-order valence-electron chi connectivity index (χ1n) is 13.5. The van der Waals surface area contributed by atoms with E-state index in [-0.39, 0.29) is 30.8 Å². The third kappa shape index (κ3) is 4.15. The maximum absolute atomic E-state index is 13.1. The number of imide groups is 1. The van der Waals surface area contributed by atoms with Crippen LogP contribution in [0.15, 0.2) is 59.5 Å². The summed E-state index contributed by atoms with van der Waals surface area (Å²) < 4.78 is 7.43. The summed E-state index contributed by atoms with van der Waals surface area (Å²) in [6.07, 6.45) is 5.33. The standard InChI is InChI=1S/C30H28N8O4/c1-35(2)14-22-23(37-15-26(39)36(3)27(40)16-37)6-7-25(34-22)33-21-5-4-17(19-12-31-30(41)28(19)21)20-13-32-38-10-8-24-18(29(20)38)9-11-42-24/h4-11,13H,12,14-16H2,1-3H3,(H,31,41)(H,33,34). The fourth-order valence-corrected chi connectivity index (χ4v) is 5.74. The van der Waals surface area contributed by atoms with Crippen molar-refractivity contribution in [2.75, 3.05) is 44.4 Å². The van der Waals surface area contributed by atoms with E-state index in [4.69, 9.17) is 9.40 Å². The van der Waals surface area contributed by atoms with Crippen molar-refractivity contribution in [2.24, 2.45) is 0 Å². The van der Waals surface area contributed by atoms with Crippen LogP contribution < -0.4 is 15.5 Å². The minimum absolute atomic E-state index is 0.0982. The summed E-state index contributed by atoms with van der Waals surface area (Å²) in [5.74, 6) is -0.136. The van der Waals surface area contributed by atoms with E-state index in [1.807, 2.05) is 66.2 Å². The molecule has 0 unspecified atom stereocenters. The molecule has 12 heteroatoms. The van der Waals surface area contributed by atoms with Crippen LogP contribution in [0.5, 0.6) is 0 Å². The largest absolute Gasteiger partial charge is 0.464 e. The second-order valence-corrected chi connectivity index (χ2v) is 10.8. The summed E-state index contributed by atoms with van der Waals surface area (Å²) in [5, 5.41) is 11.8. The second kappa shape index (κ2) is 9.70. The SMILES string of the molecule is CN(C)Cc1nc(Nc2ccc(-c3cnn4ccc5occc5c34)c3c2C(=O)NC3)ccc1N1CC(=O)N(C)C(=O)C1. The number of hydrogen-bond acceptors (Lipinski definition) is 9. The molecule has 4 aromatic heterocycles. The van der Waals surface area contributed by atoms with E-state index in [2.05, 4.69) is 15.7 Å². The molecule has 12 nitrogen and oxygen atoms in total. The van der Waals surface area contributed by atoms with Crippen LogP contribution in [0.25, 0.3) is 27.6 Å². The smallest absolute Gasteiger partial charge is 0.254 e. The highest BCUT2D eigenvalue weighted by atomic mass is 16.3. The summed E-state index contributed by atoms with van der Waals surface area (Å²) in [4.78, 5) is 47.6. The summed E-state index contributed by atoms with van der Waals surface area (Å²) in [5.41, 5.74) is 7.00. The van der Waals surface area contributed by atoms with Crippen LogP contribution in [-0.4, -0.2) is 76.4 Å². The number of hydrogen-bond donors (Lipinski definition) is 2. The Morgan fingerprint density at radius 2 is 1.83 bits per heavy atom. The first-order chi connectivity index (χ1) is 20.3. The van der Waals surface area contributed by atoms with E-state index >= 15 is 0 Å². The van der Waals surface area contributed by atoms with Gasteiger partial charge in [0, 0.05) is 37.3 Å². The number of fused-ring (bicyclic) bond motifs is 4. The van der Waals surface area contributed by atoms with Gasteiger partial charge in [0.1, 0.15) is 11.4 Å². The summed E-state index contributed by atoms with van der Waals surface area (Å²) in [6, 6.07) is 11.3. The van der Waals surface area contributed by atoms with Gasteiger partial charge in [-0.1, -0.05) is 6.07 Å². The maximum atomic E-state index is 13.1. The number of nitrogens with one attached hydrogen (secondary N) is 2. The quantitative estimate of drug-likeness (QED) is 0.299. The number of nitrogens with zero attached hydrogens (tertiary/aromatic N) is 6. The van der Waals surface area contributed by atoms with E-state index in [9.17, 15) is 14.4 Å². The number of pyridine rings is 2. The number of anilines is 3. The molecule has 6 heterocycles. The van der Waals surface area contributed by atoms with Gasteiger partial charge in [0.25, 0.3) is 5.91 Å². The van der Waals surface area contributed by atoms with Crippen LogP contribution in [0, 0.1) is 0 Å². The third-order valence-corrected chi connectivity index (χ3v) is 7.79. The lowest BCUT2D eigenvalue weighted by atomic mass is 9.95. The molecule has 0 aliphatic carbocycles. The van der Waals surface area contributed by atoms with Gasteiger partial charge in [0.2, 0.25) is 11.8 Å². The second-order valence-electron chi connectivity index (χ2n) is 10.8. The van der Waals surface area contributed by atoms with Gasteiger partial charge in [-0.25, -0.2) is 9.50 Å². The number of piperazine rings is 1. The molecule has 7 rings (SSSR count). The van der Waals surface area contributed by atoms with Gasteiger partial charge in [0.15, 0.2) is 0 Å². The Morgan fingerprint density at radius 3 is 2.62 bits per heavy atom. The van der Waals surface area contributed by atoms with Crippen molar-refractivity contribution in [1.29, 1.82) is 0 Å². The van der Waals surface area contributed by atoms with Gasteiger partial charge >= 0.3 is 0 Å². The fourth-order valence-electron chi connectivity index (χ4n) is 5.74. The van der Waals surface area contributed by atoms with Crippen molar-refractivity contribution in [3.05, 3.63) is 71.9 Å². The zero-order valence-corrected chi connectivity index (χ0v) is 23.3. The van der Waals surface area contributed by atoms with Crippen LogP contribution in [-0.2, 0) is 22.7 Å². The number of rotatable bonds is 6. The molecule has 1 saturated heterocycles. The summed E-state index contributed by atoms with van der Waals surface area (Å²) in [7, 11) is 5.36. The third-order valence-electron chi connectivity index (χ3n) is 7.79. The van der Waals surface area contributed by atoms with E-state index < -0.39 is 0 Å². The van der Waals surface area contributed by atoms with E-state index in [0.29, 0.717) is 35.9 Å². The number of furan rings is 1. The lowest BCUT2D eigenvalue weighted by molar-refractivity contribution is -0.143. The number of carbonyl (C=O) groups excluding carboxylic acids is 3. The number of likely N-dealkylation sites (N-methyl/N-ethyl adjacent to an activating group) is 1. The number of amides is 3. The molecule has 2 aliphatic rings. The molecule has 1 aromatic carbocycles. The van der Waals surface area contributed by atoms with Gasteiger partial charge in [-0.3, -0.25) is 19.3 Å². The molecule has 0 spiro atoms. The maximum Gasteiger partial charge on any atom is 0.254 e. The molecule has 0 radical (unpaired) electrons. The van der Waals surface area contributed by atoms with Gasteiger partial charge in [-0.05, 0) is 55.6 Å². The van der Waals surface area contributed by atoms with Crippen molar-refractivity contribution in [1.82, 2.24) is 29.7 Å². The highest BCUT2D eigenvalue weighted by Crippen LogP contribution is 2.38. The van der Waals surface area contributed by atoms with Crippen LogP contribution in [0.4, 0.5) is 17.2 Å². The minimum Gasteiger partial charge on any atom is -0.464 e. The average molecular weight is 565 g/mol. The van der Waals surface area contributed by atoms with Crippen molar-refractivity contribution in [3.8, 4) is 11.1 Å². The van der Waals surface area contributed by atoms with E-state index in [1.54, 1.807) is 17.2 Å². The Morgan fingerprint density at radius 1 is 1.02 bits per heavy atom. The molecule has 5 aromatic rings.